The van der Waals surface area contributed by atoms with Gasteiger partial charge < -0.3 is 27.9 Å². The van der Waals surface area contributed by atoms with Gasteiger partial charge in [0.2, 0.25) is 16.6 Å². The number of rotatable bonds is 26. The van der Waals surface area contributed by atoms with Gasteiger partial charge in [-0.25, -0.2) is 0 Å². The van der Waals surface area contributed by atoms with Crippen LogP contribution in [0.2, 0.25) is 51.4 Å². The molecule has 1 aromatic rings. The first-order chi connectivity index (χ1) is 24.9. The van der Waals surface area contributed by atoms with Gasteiger partial charge in [-0.15, -0.1) is 0 Å². The van der Waals surface area contributed by atoms with Gasteiger partial charge in [-0.3, -0.25) is 0 Å². The first-order valence-electron chi connectivity index (χ1n) is 21.7. The summed E-state index contributed by atoms with van der Waals surface area (Å²) in [7, 11) is -4.80. The van der Waals surface area contributed by atoms with E-state index in [-0.39, 0.29) is 41.8 Å². The van der Waals surface area contributed by atoms with Crippen LogP contribution in [0, 0.1) is 11.8 Å². The standard InChI is InChI=1S/C45H90O6Si3/c1-21-40(29-46)44(48-30-39-23-26-41(47-18)27-24-39)38(14)22-25-42(50-53(32(2)3,33(4)5)34(6)7)28-43(31-49-52(19,20)45(15,16)17)51-54(35(8)9,36(10)11)37(12)13/h23-24,26-27,32-38,40,42-44,46H,21-22,25,28-31H2,1-20H3/t38-,40-,42-,43+,44-/m1/s1. The Bertz CT molecular complexity index is 1110. The highest BCUT2D eigenvalue weighted by molar-refractivity contribution is 6.78. The summed E-state index contributed by atoms with van der Waals surface area (Å²) in [6.45, 7) is 46.1. The summed E-state index contributed by atoms with van der Waals surface area (Å²) in [6.07, 6.45) is 3.49. The van der Waals surface area contributed by atoms with E-state index in [1.54, 1.807) is 7.11 Å². The number of ether oxygens (including phenoxy) is 2. The normalized spacial score (nSPS) is 16.6. The van der Waals surface area contributed by atoms with E-state index >= 15 is 0 Å². The van der Waals surface area contributed by atoms with Crippen LogP contribution < -0.4 is 4.74 Å². The molecule has 318 valence electrons. The molecular weight excluding hydrogens is 721 g/mol. The molecule has 54 heavy (non-hydrogen) atoms. The molecule has 9 heteroatoms. The second-order valence-corrected chi connectivity index (χ2v) is 35.6. The van der Waals surface area contributed by atoms with Crippen LogP contribution in [0.15, 0.2) is 24.3 Å². The molecule has 0 fully saturated rings. The van der Waals surface area contributed by atoms with E-state index in [1.807, 2.05) is 12.1 Å². The first kappa shape index (κ1) is 51.5. The average Bonchev–Trinajstić information content (AvgIpc) is 3.07. The molecule has 5 atom stereocenters. The molecule has 0 unspecified atom stereocenters. The van der Waals surface area contributed by atoms with Gasteiger partial charge in [0, 0.05) is 18.6 Å². The van der Waals surface area contributed by atoms with Crippen molar-refractivity contribution < 1.29 is 27.9 Å². The molecule has 0 bridgehead atoms. The van der Waals surface area contributed by atoms with E-state index in [4.69, 9.17) is 22.8 Å². The number of hydrogen-bond acceptors (Lipinski definition) is 6. The lowest BCUT2D eigenvalue weighted by Crippen LogP contribution is -2.54. The number of methoxy groups -OCH3 is 1. The Morgan fingerprint density at radius 2 is 1.11 bits per heavy atom. The molecule has 0 aliphatic rings. The first-order valence-corrected chi connectivity index (χ1v) is 28.9. The Morgan fingerprint density at radius 1 is 0.667 bits per heavy atom. The molecule has 1 rings (SSSR count). The minimum absolute atomic E-state index is 0.0361. The maximum absolute atomic E-state index is 10.5. The van der Waals surface area contributed by atoms with Crippen LogP contribution in [0.4, 0.5) is 0 Å². The fourth-order valence-corrected chi connectivity index (χ4v) is 21.5. The predicted molar refractivity (Wildman–Crippen MR) is 240 cm³/mol. The van der Waals surface area contributed by atoms with Gasteiger partial charge in [-0.2, -0.15) is 0 Å². The zero-order valence-corrected chi connectivity index (χ0v) is 42.1. The quantitative estimate of drug-likeness (QED) is 0.0940. The highest BCUT2D eigenvalue weighted by Gasteiger charge is 2.50. The fraction of sp³-hybridized carbons (Fsp3) is 0.867. The third-order valence-corrected chi connectivity index (χ3v) is 30.3. The molecule has 0 aliphatic heterocycles. The van der Waals surface area contributed by atoms with Gasteiger partial charge in [0.1, 0.15) is 5.75 Å². The van der Waals surface area contributed by atoms with Crippen molar-refractivity contribution in [3.8, 4) is 5.75 Å². The van der Waals surface area contributed by atoms with Gasteiger partial charge in [0.25, 0.3) is 0 Å². The monoisotopic (exact) mass is 811 g/mol. The largest absolute Gasteiger partial charge is 0.497 e. The van der Waals surface area contributed by atoms with E-state index < -0.39 is 25.0 Å². The summed E-state index contributed by atoms with van der Waals surface area (Å²) >= 11 is 0. The molecule has 1 aromatic carbocycles. The lowest BCUT2D eigenvalue weighted by atomic mass is 9.86. The highest BCUT2D eigenvalue weighted by Crippen LogP contribution is 2.47. The van der Waals surface area contributed by atoms with Crippen molar-refractivity contribution >= 4 is 25.0 Å². The number of benzene rings is 1. The second kappa shape index (κ2) is 22.6. The highest BCUT2D eigenvalue weighted by atomic mass is 28.4. The van der Waals surface area contributed by atoms with E-state index in [9.17, 15) is 5.11 Å². The maximum Gasteiger partial charge on any atom is 0.200 e. The van der Waals surface area contributed by atoms with Crippen LogP contribution in [0.25, 0.3) is 0 Å². The van der Waals surface area contributed by atoms with Crippen molar-refractivity contribution in [2.24, 2.45) is 11.8 Å². The molecule has 0 amide bonds. The SMILES string of the molecule is CC[C@H](CO)[C@H](OCc1ccc(OC)cc1)[C@H](C)CC[C@H](C[C@@H](CO[Si](C)(C)C(C)(C)C)O[Si](C(C)C)(C(C)C)C(C)C)O[Si](C(C)C)(C(C)C)C(C)C. The van der Waals surface area contributed by atoms with Crippen molar-refractivity contribution in [2.75, 3.05) is 20.3 Å². The molecule has 0 aliphatic carbocycles. The Labute approximate surface area is 339 Å². The lowest BCUT2D eigenvalue weighted by molar-refractivity contribution is -0.0528. The third-order valence-electron chi connectivity index (χ3n) is 13.4. The molecule has 0 saturated carbocycles. The number of aliphatic hydroxyl groups excluding tert-OH is 1. The summed E-state index contributed by atoms with van der Waals surface area (Å²) < 4.78 is 34.6. The molecule has 0 radical (unpaired) electrons. The maximum atomic E-state index is 10.5. The van der Waals surface area contributed by atoms with Gasteiger partial charge in [-0.05, 0) is 101 Å². The Morgan fingerprint density at radius 3 is 1.48 bits per heavy atom. The molecule has 0 heterocycles. The molecule has 0 aromatic heterocycles. The van der Waals surface area contributed by atoms with Crippen LogP contribution >= 0.6 is 0 Å². The molecule has 6 nitrogen and oxygen atoms in total. The predicted octanol–water partition coefficient (Wildman–Crippen LogP) is 13.5. The van der Waals surface area contributed by atoms with Crippen molar-refractivity contribution in [3.63, 3.8) is 0 Å². The third kappa shape index (κ3) is 13.5. The summed E-state index contributed by atoms with van der Waals surface area (Å²) in [5, 5.41) is 10.6. The summed E-state index contributed by atoms with van der Waals surface area (Å²) in [4.78, 5) is 0. The average molecular weight is 811 g/mol. The van der Waals surface area contributed by atoms with Crippen LogP contribution in [-0.4, -0.2) is 68.7 Å². The minimum Gasteiger partial charge on any atom is -0.497 e. The molecule has 0 spiro atoms. The Balaban J connectivity index is 3.71. The lowest BCUT2D eigenvalue weighted by Gasteiger charge is -2.48. The summed E-state index contributed by atoms with van der Waals surface area (Å²) in [5.41, 5.74) is 4.00. The van der Waals surface area contributed by atoms with E-state index in [0.717, 1.165) is 37.0 Å². The van der Waals surface area contributed by atoms with E-state index in [1.165, 1.54) is 0 Å². The molecule has 1 N–H and O–H groups in total. The summed E-state index contributed by atoms with van der Waals surface area (Å²) in [6, 6.07) is 8.11. The zero-order chi connectivity index (χ0) is 41.8. The smallest absolute Gasteiger partial charge is 0.200 e. The van der Waals surface area contributed by atoms with Crippen LogP contribution in [0.1, 0.15) is 149 Å². The molecule has 0 saturated heterocycles. The Kier molecular flexibility index (Phi) is 21.5. The van der Waals surface area contributed by atoms with Crippen molar-refractivity contribution in [2.45, 2.75) is 220 Å². The van der Waals surface area contributed by atoms with E-state index in [2.05, 4.69) is 143 Å². The van der Waals surface area contributed by atoms with Crippen molar-refractivity contribution in [1.29, 1.82) is 0 Å². The molecular formula is C45H90O6Si3. The topological polar surface area (TPSA) is 66.4 Å². The van der Waals surface area contributed by atoms with Crippen LogP contribution in [0.5, 0.6) is 5.75 Å². The van der Waals surface area contributed by atoms with Gasteiger partial charge in [0.15, 0.2) is 8.32 Å². The van der Waals surface area contributed by atoms with E-state index in [0.29, 0.717) is 46.5 Å². The second-order valence-electron chi connectivity index (χ2n) is 20.0. The van der Waals surface area contributed by atoms with Crippen molar-refractivity contribution in [3.05, 3.63) is 29.8 Å². The van der Waals surface area contributed by atoms with Crippen molar-refractivity contribution in [1.82, 2.24) is 0 Å². The summed E-state index contributed by atoms with van der Waals surface area (Å²) in [5.74, 6) is 1.14. The fourth-order valence-electron chi connectivity index (χ4n) is 9.34. The van der Waals surface area contributed by atoms with Crippen LogP contribution in [0.3, 0.4) is 0 Å². The zero-order valence-electron chi connectivity index (χ0n) is 39.1. The minimum atomic E-state index is -2.23. The van der Waals surface area contributed by atoms with Gasteiger partial charge in [-0.1, -0.05) is 130 Å². The Hall–Kier alpha value is -0.529. The number of aliphatic hydroxyl groups is 1. The number of hydrogen-bond donors (Lipinski definition) is 1. The van der Waals surface area contributed by atoms with Gasteiger partial charge >= 0.3 is 0 Å². The van der Waals surface area contributed by atoms with Gasteiger partial charge in [0.05, 0.1) is 32.5 Å². The van der Waals surface area contributed by atoms with Crippen LogP contribution in [-0.2, 0) is 24.6 Å².